The molecule has 0 atom stereocenters. The Balaban J connectivity index is 0.000000791. The van der Waals surface area contributed by atoms with Gasteiger partial charge in [-0.15, -0.1) is 0 Å². The van der Waals surface area contributed by atoms with Crippen LogP contribution in [0.25, 0.3) is 0 Å². The van der Waals surface area contributed by atoms with Crippen LogP contribution in [0.5, 0.6) is 0 Å². The lowest BCUT2D eigenvalue weighted by atomic mass is 10.4. The lowest BCUT2D eigenvalue weighted by Crippen LogP contribution is -2.25. The van der Waals surface area contributed by atoms with Crippen molar-refractivity contribution in [2.75, 3.05) is 7.05 Å². The lowest BCUT2D eigenvalue weighted by molar-refractivity contribution is 0.768. The quantitative estimate of drug-likeness (QED) is 0.629. The minimum atomic E-state index is 0.730. The Hall–Kier alpha value is -1.38. The molecule has 14 heavy (non-hydrogen) atoms. The minimum Gasteiger partial charge on any atom is -0.316 e. The predicted molar refractivity (Wildman–Crippen MR) is 63.6 cm³/mol. The van der Waals surface area contributed by atoms with E-state index in [1.165, 1.54) is 0 Å². The Bertz CT molecular complexity index is 285. The molecule has 0 aromatic rings. The molecule has 1 heterocycles. The van der Waals surface area contributed by atoms with E-state index < -0.39 is 0 Å². The molecule has 0 aromatic carbocycles. The van der Waals surface area contributed by atoms with Crippen LogP contribution in [0.4, 0.5) is 0 Å². The summed E-state index contributed by atoms with van der Waals surface area (Å²) in [5.41, 5.74) is 0.730. The van der Waals surface area contributed by atoms with Crippen LogP contribution in [0.2, 0.25) is 0 Å². The van der Waals surface area contributed by atoms with Gasteiger partial charge in [-0.05, 0) is 13.8 Å². The van der Waals surface area contributed by atoms with Crippen LogP contribution in [-0.2, 0) is 0 Å². The number of aliphatic imine (C=N–C) groups is 2. The number of hydrogen-bond donors (Lipinski definition) is 0. The third kappa shape index (κ3) is 2.83. The Kier molecular flexibility index (Phi) is 5.53. The first kappa shape index (κ1) is 12.6. The van der Waals surface area contributed by atoms with Crippen molar-refractivity contribution < 1.29 is 0 Å². The largest absolute Gasteiger partial charge is 0.316 e. The SMILES string of the molecule is C=C1N=C(C)N(C)C1=N/C=C\C.CC. The Morgan fingerprint density at radius 3 is 2.36 bits per heavy atom. The number of amidine groups is 2. The van der Waals surface area contributed by atoms with Crippen LogP contribution in [-0.4, -0.2) is 23.6 Å². The second-order valence-corrected chi connectivity index (χ2v) is 2.60. The van der Waals surface area contributed by atoms with Gasteiger partial charge in [0, 0.05) is 13.2 Å². The summed E-state index contributed by atoms with van der Waals surface area (Å²) in [4.78, 5) is 10.3. The van der Waals surface area contributed by atoms with Crippen molar-refractivity contribution in [3.8, 4) is 0 Å². The fourth-order valence-corrected chi connectivity index (χ4v) is 0.973. The topological polar surface area (TPSA) is 28.0 Å². The van der Waals surface area contributed by atoms with Crippen molar-refractivity contribution in [2.24, 2.45) is 9.98 Å². The molecular formula is C11H19N3. The van der Waals surface area contributed by atoms with Crippen molar-refractivity contribution in [2.45, 2.75) is 27.7 Å². The molecule has 1 rings (SSSR count). The van der Waals surface area contributed by atoms with E-state index in [0.717, 1.165) is 17.4 Å². The number of hydrogen-bond acceptors (Lipinski definition) is 2. The molecular weight excluding hydrogens is 174 g/mol. The minimum absolute atomic E-state index is 0.730. The Labute approximate surface area is 86.6 Å². The summed E-state index contributed by atoms with van der Waals surface area (Å²) in [6.45, 7) is 11.7. The maximum Gasteiger partial charge on any atom is 0.159 e. The number of likely N-dealkylation sites (N-methyl/N-ethyl adjacent to an activating group) is 1. The fourth-order valence-electron chi connectivity index (χ4n) is 0.973. The normalized spacial score (nSPS) is 18.6. The molecule has 3 heteroatoms. The summed E-state index contributed by atoms with van der Waals surface area (Å²) in [7, 11) is 1.93. The zero-order chi connectivity index (χ0) is 11.1. The second kappa shape index (κ2) is 6.13. The van der Waals surface area contributed by atoms with Crippen LogP contribution < -0.4 is 0 Å². The second-order valence-electron chi connectivity index (χ2n) is 2.60. The smallest absolute Gasteiger partial charge is 0.159 e. The molecule has 0 aliphatic carbocycles. The summed E-state index contributed by atoms with van der Waals surface area (Å²) in [5, 5.41) is 0. The first-order chi connectivity index (χ1) is 6.66. The molecule has 0 N–H and O–H groups in total. The monoisotopic (exact) mass is 193 g/mol. The van der Waals surface area contributed by atoms with Gasteiger partial charge in [-0.25, -0.2) is 9.98 Å². The third-order valence-electron chi connectivity index (χ3n) is 1.70. The molecule has 0 saturated heterocycles. The van der Waals surface area contributed by atoms with E-state index in [2.05, 4.69) is 16.6 Å². The molecule has 0 fully saturated rings. The summed E-state index contributed by atoms with van der Waals surface area (Å²) in [6, 6.07) is 0. The van der Waals surface area contributed by atoms with Crippen LogP contribution >= 0.6 is 0 Å². The lowest BCUT2D eigenvalue weighted by Gasteiger charge is -2.10. The van der Waals surface area contributed by atoms with E-state index in [1.807, 2.05) is 45.7 Å². The molecule has 1 aliphatic heterocycles. The van der Waals surface area contributed by atoms with Gasteiger partial charge in [0.15, 0.2) is 5.84 Å². The number of rotatable bonds is 1. The highest BCUT2D eigenvalue weighted by Crippen LogP contribution is 2.12. The first-order valence-corrected chi connectivity index (χ1v) is 4.84. The van der Waals surface area contributed by atoms with Crippen molar-refractivity contribution in [1.29, 1.82) is 0 Å². The van der Waals surface area contributed by atoms with E-state index in [1.54, 1.807) is 6.20 Å². The maximum atomic E-state index is 4.20. The van der Waals surface area contributed by atoms with Crippen molar-refractivity contribution in [3.63, 3.8) is 0 Å². The van der Waals surface area contributed by atoms with Crippen molar-refractivity contribution in [3.05, 3.63) is 24.6 Å². The summed E-state index contributed by atoms with van der Waals surface area (Å²) >= 11 is 0. The van der Waals surface area contributed by atoms with Gasteiger partial charge in [-0.1, -0.05) is 26.5 Å². The highest BCUT2D eigenvalue weighted by molar-refractivity contribution is 6.13. The Morgan fingerprint density at radius 1 is 1.43 bits per heavy atom. The van der Waals surface area contributed by atoms with Crippen LogP contribution in [0.3, 0.4) is 0 Å². The molecule has 0 amide bonds. The molecule has 0 spiro atoms. The van der Waals surface area contributed by atoms with Gasteiger partial charge in [0.05, 0.1) is 0 Å². The van der Waals surface area contributed by atoms with Gasteiger partial charge in [0.2, 0.25) is 0 Å². The molecule has 0 saturated carbocycles. The molecule has 1 aliphatic rings. The summed E-state index contributed by atoms with van der Waals surface area (Å²) in [6.07, 6.45) is 3.62. The van der Waals surface area contributed by atoms with Crippen LogP contribution in [0.15, 0.2) is 34.5 Å². The van der Waals surface area contributed by atoms with Crippen molar-refractivity contribution in [1.82, 2.24) is 4.90 Å². The van der Waals surface area contributed by atoms with Gasteiger partial charge in [0.25, 0.3) is 0 Å². The first-order valence-electron chi connectivity index (χ1n) is 4.84. The average molecular weight is 193 g/mol. The van der Waals surface area contributed by atoms with Crippen LogP contribution in [0, 0.1) is 0 Å². The standard InChI is InChI=1S/C9H13N3.C2H6/c1-5-6-10-9-7(2)11-8(3)12(9)4;1-2/h5-6H,2H2,1,3-4H3;1-2H3/b6-5-,10-9?;. The highest BCUT2D eigenvalue weighted by Gasteiger charge is 2.18. The van der Waals surface area contributed by atoms with E-state index in [-0.39, 0.29) is 0 Å². The van der Waals surface area contributed by atoms with E-state index >= 15 is 0 Å². The summed E-state index contributed by atoms with van der Waals surface area (Å²) < 4.78 is 0. The van der Waals surface area contributed by atoms with Gasteiger partial charge < -0.3 is 4.90 Å². The molecule has 0 unspecified atom stereocenters. The zero-order valence-electron chi connectivity index (χ0n) is 9.70. The van der Waals surface area contributed by atoms with E-state index in [9.17, 15) is 0 Å². The third-order valence-corrected chi connectivity index (χ3v) is 1.70. The molecule has 0 aromatic heterocycles. The maximum absolute atomic E-state index is 4.20. The number of allylic oxidation sites excluding steroid dienone is 1. The van der Waals surface area contributed by atoms with Gasteiger partial charge in [-0.3, -0.25) is 0 Å². The number of nitrogens with zero attached hydrogens (tertiary/aromatic N) is 3. The van der Waals surface area contributed by atoms with Gasteiger partial charge >= 0.3 is 0 Å². The van der Waals surface area contributed by atoms with E-state index in [4.69, 9.17) is 0 Å². The van der Waals surface area contributed by atoms with E-state index in [0.29, 0.717) is 0 Å². The predicted octanol–water partition coefficient (Wildman–Crippen LogP) is 2.82. The molecule has 0 radical (unpaired) electrons. The average Bonchev–Trinajstić information content (AvgIpc) is 2.43. The zero-order valence-corrected chi connectivity index (χ0v) is 9.70. The van der Waals surface area contributed by atoms with Crippen molar-refractivity contribution >= 4 is 11.7 Å². The van der Waals surface area contributed by atoms with Gasteiger partial charge in [0.1, 0.15) is 11.5 Å². The van der Waals surface area contributed by atoms with Crippen LogP contribution in [0.1, 0.15) is 27.7 Å². The van der Waals surface area contributed by atoms with Gasteiger partial charge in [-0.2, -0.15) is 0 Å². The Morgan fingerprint density at radius 2 is 2.00 bits per heavy atom. The molecule has 78 valence electrons. The molecule has 3 nitrogen and oxygen atoms in total. The highest BCUT2D eigenvalue weighted by atomic mass is 15.3. The fraction of sp³-hybridized carbons (Fsp3) is 0.455. The summed E-state index contributed by atoms with van der Waals surface area (Å²) in [5.74, 6) is 1.76. The molecule has 0 bridgehead atoms.